The largest absolute Gasteiger partial charge is 0.497 e. The maximum Gasteiger partial charge on any atom is 0.252 e. The van der Waals surface area contributed by atoms with Gasteiger partial charge in [-0.25, -0.2) is 4.98 Å². The molecule has 0 saturated carbocycles. The Morgan fingerprint density at radius 2 is 1.83 bits per heavy atom. The zero-order valence-corrected chi connectivity index (χ0v) is 17.9. The molecule has 0 fully saturated rings. The number of amides is 1. The van der Waals surface area contributed by atoms with Crippen LogP contribution in [-0.2, 0) is 7.05 Å². The van der Waals surface area contributed by atoms with E-state index in [1.807, 2.05) is 55.9 Å². The van der Waals surface area contributed by atoms with E-state index in [1.165, 1.54) is 0 Å². The number of hydrogen-bond donors (Lipinski definition) is 1. The van der Waals surface area contributed by atoms with E-state index < -0.39 is 6.04 Å². The number of aryl methyl sites for hydroxylation is 2. The summed E-state index contributed by atoms with van der Waals surface area (Å²) >= 11 is 0. The van der Waals surface area contributed by atoms with Crippen molar-refractivity contribution in [1.82, 2.24) is 14.9 Å². The lowest BCUT2D eigenvalue weighted by Crippen LogP contribution is -2.31. The molecule has 7 nitrogen and oxygen atoms in total. The molecule has 0 bridgehead atoms. The quantitative estimate of drug-likeness (QED) is 0.615. The van der Waals surface area contributed by atoms with Gasteiger partial charge in [-0.05, 0) is 55.3 Å². The molecule has 3 rings (SSSR count). The van der Waals surface area contributed by atoms with E-state index >= 15 is 0 Å². The first-order valence-electron chi connectivity index (χ1n) is 9.71. The smallest absolute Gasteiger partial charge is 0.252 e. The Bertz CT molecular complexity index is 1010. The number of hydrogen-bond acceptors (Lipinski definition) is 5. The molecule has 0 aliphatic heterocycles. The van der Waals surface area contributed by atoms with Crippen molar-refractivity contribution in [1.29, 1.82) is 0 Å². The highest BCUT2D eigenvalue weighted by atomic mass is 16.5. The van der Waals surface area contributed by atoms with Gasteiger partial charge >= 0.3 is 0 Å². The highest BCUT2D eigenvalue weighted by molar-refractivity contribution is 5.95. The number of aromatic nitrogens is 2. The molecule has 0 radical (unpaired) electrons. The normalized spacial score (nSPS) is 11.6. The molecular formula is C23H27N3O4. The van der Waals surface area contributed by atoms with Gasteiger partial charge in [0.05, 0.1) is 20.8 Å². The van der Waals surface area contributed by atoms with Crippen LogP contribution in [0.15, 0.2) is 48.8 Å². The van der Waals surface area contributed by atoms with E-state index in [2.05, 4.69) is 10.3 Å². The number of carbonyl (C=O) groups is 1. The van der Waals surface area contributed by atoms with Crippen molar-refractivity contribution < 1.29 is 19.0 Å². The third kappa shape index (κ3) is 4.56. The monoisotopic (exact) mass is 409 g/mol. The highest BCUT2D eigenvalue weighted by Gasteiger charge is 2.23. The first kappa shape index (κ1) is 21.2. The lowest BCUT2D eigenvalue weighted by atomic mass is 10.0. The zero-order chi connectivity index (χ0) is 21.7. The molecule has 1 aromatic heterocycles. The topological polar surface area (TPSA) is 74.6 Å². The average Bonchev–Trinajstić information content (AvgIpc) is 3.18. The molecule has 3 aromatic rings. The average molecular weight is 409 g/mol. The summed E-state index contributed by atoms with van der Waals surface area (Å²) < 4.78 is 18.3. The predicted octanol–water partition coefficient (Wildman–Crippen LogP) is 3.66. The van der Waals surface area contributed by atoms with Crippen molar-refractivity contribution in [2.45, 2.75) is 19.9 Å². The number of nitrogens with zero attached hydrogens (tertiary/aromatic N) is 2. The Kier molecular flexibility index (Phi) is 6.61. The van der Waals surface area contributed by atoms with E-state index in [-0.39, 0.29) is 5.91 Å². The van der Waals surface area contributed by atoms with Gasteiger partial charge in [0, 0.05) is 31.1 Å². The summed E-state index contributed by atoms with van der Waals surface area (Å²) in [6.07, 6.45) is 3.54. The van der Waals surface area contributed by atoms with Gasteiger partial charge < -0.3 is 24.1 Å². The predicted molar refractivity (Wildman–Crippen MR) is 114 cm³/mol. The van der Waals surface area contributed by atoms with E-state index in [1.54, 1.807) is 32.5 Å². The Balaban J connectivity index is 1.98. The fourth-order valence-corrected chi connectivity index (χ4v) is 3.27. The van der Waals surface area contributed by atoms with Gasteiger partial charge in [0.2, 0.25) is 0 Å². The summed E-state index contributed by atoms with van der Waals surface area (Å²) in [4.78, 5) is 17.6. The number of imidazole rings is 1. The Labute approximate surface area is 176 Å². The van der Waals surface area contributed by atoms with Crippen molar-refractivity contribution in [2.75, 3.05) is 20.8 Å². The minimum absolute atomic E-state index is 0.212. The second kappa shape index (κ2) is 9.35. The van der Waals surface area contributed by atoms with E-state index in [9.17, 15) is 4.79 Å². The Hall–Kier alpha value is -3.48. The van der Waals surface area contributed by atoms with E-state index in [0.717, 1.165) is 16.9 Å². The Morgan fingerprint density at radius 1 is 1.13 bits per heavy atom. The molecule has 0 aliphatic carbocycles. The third-order valence-electron chi connectivity index (χ3n) is 4.84. The molecular weight excluding hydrogens is 382 g/mol. The highest BCUT2D eigenvalue weighted by Crippen LogP contribution is 2.30. The van der Waals surface area contributed by atoms with E-state index in [0.29, 0.717) is 29.5 Å². The molecule has 0 aliphatic rings. The molecule has 30 heavy (non-hydrogen) atoms. The Morgan fingerprint density at radius 3 is 2.37 bits per heavy atom. The molecule has 1 N–H and O–H groups in total. The third-order valence-corrected chi connectivity index (χ3v) is 4.84. The van der Waals surface area contributed by atoms with Gasteiger partial charge in [-0.3, -0.25) is 4.79 Å². The molecule has 1 heterocycles. The lowest BCUT2D eigenvalue weighted by Gasteiger charge is -2.21. The molecule has 1 amide bonds. The second-order valence-electron chi connectivity index (χ2n) is 6.86. The van der Waals surface area contributed by atoms with Gasteiger partial charge in [0.25, 0.3) is 5.91 Å². The molecule has 0 spiro atoms. The summed E-state index contributed by atoms with van der Waals surface area (Å²) in [5, 5.41) is 3.10. The van der Waals surface area contributed by atoms with Crippen LogP contribution in [0.2, 0.25) is 0 Å². The zero-order valence-electron chi connectivity index (χ0n) is 17.9. The number of nitrogens with one attached hydrogen (secondary N) is 1. The molecule has 158 valence electrons. The fourth-order valence-electron chi connectivity index (χ4n) is 3.27. The second-order valence-corrected chi connectivity index (χ2v) is 6.86. The van der Waals surface area contributed by atoms with Crippen molar-refractivity contribution in [3.63, 3.8) is 0 Å². The number of rotatable bonds is 8. The van der Waals surface area contributed by atoms with Crippen LogP contribution in [0.3, 0.4) is 0 Å². The number of ether oxygens (including phenoxy) is 3. The first-order chi connectivity index (χ1) is 14.5. The van der Waals surface area contributed by atoms with Gasteiger partial charge in [0.1, 0.15) is 29.1 Å². The fraction of sp³-hybridized carbons (Fsp3) is 0.304. The minimum atomic E-state index is -0.492. The summed E-state index contributed by atoms with van der Waals surface area (Å²) in [7, 11) is 5.07. The van der Waals surface area contributed by atoms with Crippen LogP contribution in [0.1, 0.15) is 40.3 Å². The van der Waals surface area contributed by atoms with Crippen LogP contribution in [0.5, 0.6) is 17.2 Å². The minimum Gasteiger partial charge on any atom is -0.497 e. The van der Waals surface area contributed by atoms with E-state index in [4.69, 9.17) is 14.2 Å². The van der Waals surface area contributed by atoms with Crippen LogP contribution in [0.25, 0.3) is 0 Å². The van der Waals surface area contributed by atoms with Crippen LogP contribution in [-0.4, -0.2) is 36.3 Å². The molecule has 7 heteroatoms. The lowest BCUT2D eigenvalue weighted by molar-refractivity contribution is 0.0941. The summed E-state index contributed by atoms with van der Waals surface area (Å²) in [5.41, 5.74) is 2.25. The number of methoxy groups -OCH3 is 2. The summed E-state index contributed by atoms with van der Waals surface area (Å²) in [5.74, 6) is 2.52. The summed E-state index contributed by atoms with van der Waals surface area (Å²) in [6.45, 7) is 4.43. The van der Waals surface area contributed by atoms with Crippen LogP contribution < -0.4 is 19.5 Å². The SMILES string of the molecule is CCOc1ccc(C(=O)NC(c2cc(OC)cc(OC)c2)c2nccn2C)cc1C. The maximum atomic E-state index is 13.1. The maximum absolute atomic E-state index is 13.1. The molecule has 2 aromatic carbocycles. The van der Waals surface area contributed by atoms with Gasteiger partial charge in [0.15, 0.2) is 0 Å². The standard InChI is InChI=1S/C23H27N3O4/c1-6-30-20-8-7-16(11-15(20)2)23(27)25-21(22-24-9-10-26(22)3)17-12-18(28-4)14-19(13-17)29-5/h7-14,21H,6H2,1-5H3,(H,25,27). The van der Waals surface area contributed by atoms with Crippen LogP contribution >= 0.6 is 0 Å². The van der Waals surface area contributed by atoms with Crippen LogP contribution in [0, 0.1) is 6.92 Å². The van der Waals surface area contributed by atoms with Gasteiger partial charge in [-0.15, -0.1) is 0 Å². The van der Waals surface area contributed by atoms with Gasteiger partial charge in [-0.1, -0.05) is 0 Å². The van der Waals surface area contributed by atoms with Crippen molar-refractivity contribution in [3.8, 4) is 17.2 Å². The first-order valence-corrected chi connectivity index (χ1v) is 9.71. The van der Waals surface area contributed by atoms with Crippen LogP contribution in [0.4, 0.5) is 0 Å². The number of benzene rings is 2. The molecule has 1 unspecified atom stereocenters. The van der Waals surface area contributed by atoms with Crippen molar-refractivity contribution in [2.24, 2.45) is 7.05 Å². The van der Waals surface area contributed by atoms with Crippen molar-refractivity contribution >= 4 is 5.91 Å². The summed E-state index contributed by atoms with van der Waals surface area (Å²) in [6, 6.07) is 10.4. The molecule has 1 atom stereocenters. The number of carbonyl (C=O) groups excluding carboxylic acids is 1. The van der Waals surface area contributed by atoms with Gasteiger partial charge in [-0.2, -0.15) is 0 Å². The molecule has 0 saturated heterocycles. The van der Waals surface area contributed by atoms with Crippen molar-refractivity contribution in [3.05, 3.63) is 71.3 Å².